The van der Waals surface area contributed by atoms with Crippen LogP contribution in [0, 0.1) is 5.92 Å². The van der Waals surface area contributed by atoms with Crippen LogP contribution in [0.15, 0.2) is 24.3 Å². The van der Waals surface area contributed by atoms with Gasteiger partial charge < -0.3 is 20.1 Å². The molecule has 28 heavy (non-hydrogen) atoms. The van der Waals surface area contributed by atoms with Crippen LogP contribution in [-0.2, 0) is 14.4 Å². The number of carbonyl (C=O) groups is 3. The number of hydrogen-bond donors (Lipinski definition) is 2. The van der Waals surface area contributed by atoms with Gasteiger partial charge in [0.1, 0.15) is 11.8 Å². The van der Waals surface area contributed by atoms with Gasteiger partial charge >= 0.3 is 5.97 Å². The molecule has 3 rings (SSSR count). The van der Waals surface area contributed by atoms with Crippen molar-refractivity contribution < 1.29 is 24.2 Å². The first-order chi connectivity index (χ1) is 13.4. The zero-order valence-corrected chi connectivity index (χ0v) is 16.4. The molecule has 0 aromatic heterocycles. The summed E-state index contributed by atoms with van der Waals surface area (Å²) in [5.74, 6) is -0.439. The molecule has 1 aromatic rings. The Bertz CT molecular complexity index is 733. The summed E-state index contributed by atoms with van der Waals surface area (Å²) < 4.78 is 5.16. The van der Waals surface area contributed by atoms with Crippen LogP contribution in [0.2, 0.25) is 0 Å². The lowest BCUT2D eigenvalue weighted by Gasteiger charge is -2.34. The molecule has 2 N–H and O–H groups in total. The van der Waals surface area contributed by atoms with Gasteiger partial charge in [-0.3, -0.25) is 9.59 Å². The Labute approximate surface area is 165 Å². The fourth-order valence-electron chi connectivity index (χ4n) is 4.65. The van der Waals surface area contributed by atoms with Gasteiger partial charge in [0.05, 0.1) is 19.6 Å². The maximum absolute atomic E-state index is 13.2. The van der Waals surface area contributed by atoms with E-state index in [0.29, 0.717) is 12.2 Å². The highest BCUT2D eigenvalue weighted by Gasteiger charge is 2.47. The smallest absolute Gasteiger partial charge is 0.326 e. The maximum Gasteiger partial charge on any atom is 0.326 e. The first-order valence-corrected chi connectivity index (χ1v) is 9.85. The number of hydrogen-bond acceptors (Lipinski definition) is 4. The Morgan fingerprint density at radius 1 is 1.21 bits per heavy atom. The molecule has 1 aromatic carbocycles. The van der Waals surface area contributed by atoms with Gasteiger partial charge in [0.2, 0.25) is 11.8 Å². The van der Waals surface area contributed by atoms with E-state index < -0.39 is 18.1 Å². The number of ether oxygens (including phenoxy) is 1. The van der Waals surface area contributed by atoms with Crippen molar-refractivity contribution in [2.24, 2.45) is 5.92 Å². The van der Waals surface area contributed by atoms with Crippen LogP contribution in [-0.4, -0.2) is 47.0 Å². The van der Waals surface area contributed by atoms with Gasteiger partial charge in [0, 0.05) is 13.0 Å². The van der Waals surface area contributed by atoms with Crippen molar-refractivity contribution in [1.82, 2.24) is 10.2 Å². The third kappa shape index (κ3) is 4.29. The topological polar surface area (TPSA) is 95.9 Å². The largest absolute Gasteiger partial charge is 0.497 e. The average molecular weight is 388 g/mol. The second-order valence-corrected chi connectivity index (χ2v) is 7.73. The van der Waals surface area contributed by atoms with Crippen LogP contribution in [0.3, 0.4) is 0 Å². The molecule has 152 valence electrons. The molecule has 4 atom stereocenters. The Hall–Kier alpha value is -2.57. The predicted octanol–water partition coefficient (Wildman–Crippen LogP) is 2.51. The summed E-state index contributed by atoms with van der Waals surface area (Å²) in [6.45, 7) is 1.41. The SMILES string of the molecule is COc1ccc([C@H](CC(=O)N2[C@H](C(=O)O)C[C@H]3CCCC[C@@H]32)NC(C)=O)cc1. The van der Waals surface area contributed by atoms with E-state index in [0.717, 1.165) is 31.2 Å². The molecular weight excluding hydrogens is 360 g/mol. The third-order valence-corrected chi connectivity index (χ3v) is 5.94. The highest BCUT2D eigenvalue weighted by atomic mass is 16.5. The van der Waals surface area contributed by atoms with Crippen LogP contribution >= 0.6 is 0 Å². The number of carboxylic acids is 1. The zero-order chi connectivity index (χ0) is 20.3. The van der Waals surface area contributed by atoms with Crippen molar-refractivity contribution in [1.29, 1.82) is 0 Å². The van der Waals surface area contributed by atoms with E-state index in [1.807, 2.05) is 12.1 Å². The van der Waals surface area contributed by atoms with Gasteiger partial charge in [0.15, 0.2) is 0 Å². The average Bonchev–Trinajstić information content (AvgIpc) is 3.07. The molecule has 1 saturated carbocycles. The van der Waals surface area contributed by atoms with Gasteiger partial charge in [-0.25, -0.2) is 4.79 Å². The van der Waals surface area contributed by atoms with Crippen molar-refractivity contribution in [2.45, 2.75) is 63.6 Å². The summed E-state index contributed by atoms with van der Waals surface area (Å²) in [5, 5.41) is 12.5. The van der Waals surface area contributed by atoms with E-state index in [4.69, 9.17) is 4.74 Å². The second kappa shape index (κ2) is 8.63. The van der Waals surface area contributed by atoms with Crippen molar-refractivity contribution >= 4 is 17.8 Å². The summed E-state index contributed by atoms with van der Waals surface area (Å²) in [6, 6.07) is 5.91. The van der Waals surface area contributed by atoms with Crippen LogP contribution < -0.4 is 10.1 Å². The van der Waals surface area contributed by atoms with Crippen molar-refractivity contribution in [3.8, 4) is 5.75 Å². The molecule has 0 unspecified atom stereocenters. The number of benzene rings is 1. The molecule has 1 aliphatic heterocycles. The predicted molar refractivity (Wildman–Crippen MR) is 103 cm³/mol. The summed E-state index contributed by atoms with van der Waals surface area (Å²) in [7, 11) is 1.57. The van der Waals surface area contributed by atoms with Crippen molar-refractivity contribution in [3.63, 3.8) is 0 Å². The Morgan fingerprint density at radius 3 is 2.50 bits per heavy atom. The standard InChI is InChI=1S/C21H28N2O5/c1-13(24)22-17(14-7-9-16(28-2)10-8-14)12-20(25)23-18-6-4-3-5-15(18)11-19(23)21(26)27/h7-10,15,17-19H,3-6,11-12H2,1-2H3,(H,22,24)(H,26,27)/t15-,17+,18+,19+/m1/s1. The Balaban J connectivity index is 1.81. The van der Waals surface area contributed by atoms with Crippen LogP contribution in [0.25, 0.3) is 0 Å². The number of nitrogens with zero attached hydrogens (tertiary/aromatic N) is 1. The first-order valence-electron chi connectivity index (χ1n) is 9.85. The molecular formula is C21H28N2O5. The molecule has 1 aliphatic carbocycles. The number of aliphatic carboxylic acids is 1. The zero-order valence-electron chi connectivity index (χ0n) is 16.4. The van der Waals surface area contributed by atoms with E-state index in [1.54, 1.807) is 24.1 Å². The molecule has 7 heteroatoms. The highest BCUT2D eigenvalue weighted by molar-refractivity contribution is 5.85. The normalized spacial score (nSPS) is 24.9. The lowest BCUT2D eigenvalue weighted by Crippen LogP contribution is -2.47. The summed E-state index contributed by atoms with van der Waals surface area (Å²) in [6.07, 6.45) is 4.51. The van der Waals surface area contributed by atoms with Crippen LogP contribution in [0.4, 0.5) is 0 Å². The molecule has 1 heterocycles. The summed E-state index contributed by atoms with van der Waals surface area (Å²) >= 11 is 0. The number of methoxy groups -OCH3 is 1. The van der Waals surface area contributed by atoms with Crippen molar-refractivity contribution in [3.05, 3.63) is 29.8 Å². The first kappa shape index (κ1) is 20.2. The number of nitrogens with one attached hydrogen (secondary N) is 1. The quantitative estimate of drug-likeness (QED) is 0.781. The molecule has 0 bridgehead atoms. The number of rotatable bonds is 6. The van der Waals surface area contributed by atoms with E-state index in [2.05, 4.69) is 5.32 Å². The molecule has 7 nitrogen and oxygen atoms in total. The Kier molecular flexibility index (Phi) is 6.21. The van der Waals surface area contributed by atoms with Gasteiger partial charge in [-0.1, -0.05) is 25.0 Å². The van der Waals surface area contributed by atoms with Crippen LogP contribution in [0.1, 0.15) is 57.1 Å². The third-order valence-electron chi connectivity index (χ3n) is 5.94. The number of fused-ring (bicyclic) bond motifs is 1. The van der Waals surface area contributed by atoms with E-state index in [1.165, 1.54) is 6.92 Å². The van der Waals surface area contributed by atoms with E-state index in [9.17, 15) is 19.5 Å². The van der Waals surface area contributed by atoms with E-state index in [-0.39, 0.29) is 30.2 Å². The van der Waals surface area contributed by atoms with E-state index >= 15 is 0 Å². The van der Waals surface area contributed by atoms with Gasteiger partial charge in [-0.2, -0.15) is 0 Å². The minimum Gasteiger partial charge on any atom is -0.497 e. The Morgan fingerprint density at radius 2 is 1.89 bits per heavy atom. The molecule has 2 amide bonds. The number of likely N-dealkylation sites (tertiary alicyclic amines) is 1. The minimum absolute atomic E-state index is 0.00352. The van der Waals surface area contributed by atoms with Crippen molar-refractivity contribution in [2.75, 3.05) is 7.11 Å². The number of carbonyl (C=O) groups excluding carboxylic acids is 2. The monoisotopic (exact) mass is 388 g/mol. The fraction of sp³-hybridized carbons (Fsp3) is 0.571. The fourth-order valence-corrected chi connectivity index (χ4v) is 4.65. The van der Waals surface area contributed by atoms with Crippen LogP contribution in [0.5, 0.6) is 5.75 Å². The summed E-state index contributed by atoms with van der Waals surface area (Å²) in [5.41, 5.74) is 0.788. The lowest BCUT2D eigenvalue weighted by atomic mass is 9.84. The molecule has 0 radical (unpaired) electrons. The molecule has 2 fully saturated rings. The number of carboxylic acid groups (broad SMARTS) is 1. The molecule has 1 saturated heterocycles. The second-order valence-electron chi connectivity index (χ2n) is 7.73. The molecule has 0 spiro atoms. The van der Waals surface area contributed by atoms with Gasteiger partial charge in [-0.05, 0) is 42.9 Å². The minimum atomic E-state index is -0.941. The van der Waals surface area contributed by atoms with Gasteiger partial charge in [-0.15, -0.1) is 0 Å². The van der Waals surface area contributed by atoms with Gasteiger partial charge in [0.25, 0.3) is 0 Å². The molecule has 2 aliphatic rings. The lowest BCUT2D eigenvalue weighted by molar-refractivity contribution is -0.150. The highest BCUT2D eigenvalue weighted by Crippen LogP contribution is 2.40. The number of amides is 2. The summed E-state index contributed by atoms with van der Waals surface area (Å²) in [4.78, 5) is 38.3. The maximum atomic E-state index is 13.2.